The molecule has 23 heavy (non-hydrogen) atoms. The minimum atomic E-state index is -1.73. The van der Waals surface area contributed by atoms with E-state index in [1.165, 1.54) is 0 Å². The Balaban J connectivity index is 2.53. The maximum Gasteiger partial charge on any atom is 0.495 e. The predicted molar refractivity (Wildman–Crippen MR) is 90.0 cm³/mol. The highest BCUT2D eigenvalue weighted by atomic mass is 19.3. The lowest BCUT2D eigenvalue weighted by molar-refractivity contribution is 0.00578. The molecule has 0 radical (unpaired) electrons. The summed E-state index contributed by atoms with van der Waals surface area (Å²) in [7, 11) is -0.818. The quantitative estimate of drug-likeness (QED) is 0.558. The molecule has 0 spiro atoms. The molecule has 0 atom stereocenters. The summed E-state index contributed by atoms with van der Waals surface area (Å²) in [6.45, 7) is 11.2. The molecule has 1 fully saturated rings. The molecule has 0 amide bonds. The van der Waals surface area contributed by atoms with Crippen molar-refractivity contribution in [1.82, 2.24) is 0 Å². The van der Waals surface area contributed by atoms with Crippen LogP contribution in [0.1, 0.15) is 47.1 Å². The molecular weight excluding hydrogens is 297 g/mol. The molecule has 1 aliphatic heterocycles. The fourth-order valence-electron chi connectivity index (χ4n) is 2.54. The first kappa shape index (κ1) is 17.9. The maximum atomic E-state index is 13.8. The van der Waals surface area contributed by atoms with Gasteiger partial charge in [-0.25, -0.2) is 0 Å². The van der Waals surface area contributed by atoms with Crippen molar-refractivity contribution in [3.63, 3.8) is 0 Å². The van der Waals surface area contributed by atoms with E-state index >= 15 is 0 Å². The molecule has 2 rings (SSSR count). The van der Waals surface area contributed by atoms with Crippen molar-refractivity contribution in [3.8, 4) is 0 Å². The second-order valence-electron chi connectivity index (χ2n) is 7.00. The van der Waals surface area contributed by atoms with Gasteiger partial charge >= 0.3 is 7.12 Å². The summed E-state index contributed by atoms with van der Waals surface area (Å²) in [4.78, 5) is 0. The number of halogens is 2. The Morgan fingerprint density at radius 3 is 1.78 bits per heavy atom. The summed E-state index contributed by atoms with van der Waals surface area (Å²) >= 11 is 0. The Bertz CT molecular complexity index is 624. The molecule has 5 heteroatoms. The van der Waals surface area contributed by atoms with Crippen LogP contribution in [0.25, 0.3) is 5.57 Å². The van der Waals surface area contributed by atoms with Crippen LogP contribution in [0.15, 0.2) is 47.5 Å². The minimum Gasteiger partial charge on any atom is -0.399 e. The zero-order valence-corrected chi connectivity index (χ0v) is 14.5. The van der Waals surface area contributed by atoms with Crippen LogP contribution in [0.5, 0.6) is 0 Å². The van der Waals surface area contributed by atoms with E-state index in [9.17, 15) is 8.78 Å². The van der Waals surface area contributed by atoms with Gasteiger partial charge in [-0.3, -0.25) is 0 Å². The molecule has 1 aromatic carbocycles. The van der Waals surface area contributed by atoms with E-state index in [1.807, 2.05) is 27.7 Å². The molecule has 1 aliphatic rings. The van der Waals surface area contributed by atoms with Gasteiger partial charge < -0.3 is 9.31 Å². The molecule has 0 bridgehead atoms. The summed E-state index contributed by atoms with van der Waals surface area (Å²) in [5.74, 6) is 0. The van der Waals surface area contributed by atoms with Crippen LogP contribution >= 0.6 is 0 Å². The third-order valence-electron chi connectivity index (χ3n) is 4.55. The van der Waals surface area contributed by atoms with Gasteiger partial charge in [0, 0.05) is 5.57 Å². The van der Waals surface area contributed by atoms with Gasteiger partial charge in [0.1, 0.15) is 0 Å². The molecule has 1 aromatic rings. The number of hydrogen-bond donors (Lipinski definition) is 0. The topological polar surface area (TPSA) is 18.5 Å². The SMILES string of the molecule is CC(C)=C(B1OC(C)(C)C(C)(C)O1)C(=C(F)F)c1ccccc1. The van der Waals surface area contributed by atoms with Crippen molar-refractivity contribution in [2.75, 3.05) is 0 Å². The van der Waals surface area contributed by atoms with Crippen molar-refractivity contribution in [3.05, 3.63) is 53.0 Å². The van der Waals surface area contributed by atoms with E-state index < -0.39 is 24.4 Å². The fraction of sp³-hybridized carbons (Fsp3) is 0.444. The van der Waals surface area contributed by atoms with Gasteiger partial charge in [0.25, 0.3) is 6.08 Å². The van der Waals surface area contributed by atoms with Gasteiger partial charge in [-0.2, -0.15) is 8.78 Å². The highest BCUT2D eigenvalue weighted by Crippen LogP contribution is 2.43. The smallest absolute Gasteiger partial charge is 0.399 e. The van der Waals surface area contributed by atoms with Gasteiger partial charge in [0.05, 0.1) is 11.2 Å². The van der Waals surface area contributed by atoms with Crippen molar-refractivity contribution in [1.29, 1.82) is 0 Å². The summed E-state index contributed by atoms with van der Waals surface area (Å²) in [5, 5.41) is 0. The van der Waals surface area contributed by atoms with E-state index in [-0.39, 0.29) is 5.57 Å². The van der Waals surface area contributed by atoms with Crippen LogP contribution < -0.4 is 0 Å². The second kappa shape index (κ2) is 6.21. The number of rotatable bonds is 3. The Kier molecular flexibility index (Phi) is 4.83. The van der Waals surface area contributed by atoms with Crippen molar-refractivity contribution in [2.24, 2.45) is 0 Å². The molecule has 0 N–H and O–H groups in total. The van der Waals surface area contributed by atoms with Gasteiger partial charge in [0.2, 0.25) is 0 Å². The van der Waals surface area contributed by atoms with E-state index in [4.69, 9.17) is 9.31 Å². The Labute approximate surface area is 137 Å². The monoisotopic (exact) mass is 320 g/mol. The zero-order chi connectivity index (χ0) is 17.4. The van der Waals surface area contributed by atoms with Gasteiger partial charge in [-0.15, -0.1) is 0 Å². The number of allylic oxidation sites excluding steroid dienone is 3. The molecule has 2 nitrogen and oxygen atoms in total. The Morgan fingerprint density at radius 2 is 1.39 bits per heavy atom. The van der Waals surface area contributed by atoms with Crippen LogP contribution in [0.3, 0.4) is 0 Å². The zero-order valence-electron chi connectivity index (χ0n) is 14.5. The second-order valence-corrected chi connectivity index (χ2v) is 7.00. The van der Waals surface area contributed by atoms with E-state index in [2.05, 4.69) is 0 Å². The molecular formula is C18H23BF2O2. The molecule has 0 unspecified atom stereocenters. The van der Waals surface area contributed by atoms with Crippen molar-refractivity contribution in [2.45, 2.75) is 52.7 Å². The first-order valence-electron chi connectivity index (χ1n) is 7.71. The third kappa shape index (κ3) is 3.41. The molecule has 0 aromatic heterocycles. The average Bonchev–Trinajstić information content (AvgIpc) is 2.64. The third-order valence-corrected chi connectivity index (χ3v) is 4.55. The number of benzene rings is 1. The van der Waals surface area contributed by atoms with Crippen LogP contribution in [0.4, 0.5) is 8.78 Å². The first-order valence-corrected chi connectivity index (χ1v) is 7.71. The van der Waals surface area contributed by atoms with Crippen molar-refractivity contribution >= 4 is 12.7 Å². The van der Waals surface area contributed by atoms with Gasteiger partial charge in [-0.05, 0) is 52.6 Å². The Hall–Kier alpha value is -1.46. The average molecular weight is 320 g/mol. The predicted octanol–water partition coefficient (Wildman–Crippen LogP) is 5.26. The summed E-state index contributed by atoms with van der Waals surface area (Å²) in [6, 6.07) is 8.62. The lowest BCUT2D eigenvalue weighted by Gasteiger charge is -2.32. The van der Waals surface area contributed by atoms with Gasteiger partial charge in [-0.1, -0.05) is 35.9 Å². The summed E-state index contributed by atoms with van der Waals surface area (Å²) in [6.07, 6.45) is -1.73. The van der Waals surface area contributed by atoms with Crippen LogP contribution in [-0.4, -0.2) is 18.3 Å². The van der Waals surface area contributed by atoms with Crippen LogP contribution in [0.2, 0.25) is 0 Å². The first-order chi connectivity index (χ1) is 10.6. The molecule has 0 aliphatic carbocycles. The van der Waals surface area contributed by atoms with Gasteiger partial charge in [0.15, 0.2) is 0 Å². The molecule has 1 heterocycles. The lowest BCUT2D eigenvalue weighted by atomic mass is 9.70. The van der Waals surface area contributed by atoms with E-state index in [0.717, 1.165) is 5.57 Å². The molecule has 1 saturated heterocycles. The lowest BCUT2D eigenvalue weighted by Crippen LogP contribution is -2.41. The standard InChI is InChI=1S/C18H23BF2O2/c1-12(2)15(19-22-17(3,4)18(5,6)23-19)14(16(20)21)13-10-8-7-9-11-13/h7-11H,1-6H3. The fourth-order valence-corrected chi connectivity index (χ4v) is 2.54. The van der Waals surface area contributed by atoms with E-state index in [1.54, 1.807) is 44.2 Å². The van der Waals surface area contributed by atoms with E-state index in [0.29, 0.717) is 11.0 Å². The normalized spacial score (nSPS) is 18.7. The maximum absolute atomic E-state index is 13.8. The molecule has 0 saturated carbocycles. The molecule has 124 valence electrons. The Morgan fingerprint density at radius 1 is 0.913 bits per heavy atom. The van der Waals surface area contributed by atoms with Crippen LogP contribution in [-0.2, 0) is 9.31 Å². The van der Waals surface area contributed by atoms with Crippen LogP contribution in [0, 0.1) is 0 Å². The number of hydrogen-bond acceptors (Lipinski definition) is 2. The highest BCUT2D eigenvalue weighted by molar-refractivity contribution is 6.59. The minimum absolute atomic E-state index is 0.107. The largest absolute Gasteiger partial charge is 0.495 e. The highest BCUT2D eigenvalue weighted by Gasteiger charge is 2.53. The summed E-state index contributed by atoms with van der Waals surface area (Å²) in [5.41, 5.74) is 0.340. The summed E-state index contributed by atoms with van der Waals surface area (Å²) < 4.78 is 39.5. The van der Waals surface area contributed by atoms with Crippen molar-refractivity contribution < 1.29 is 18.1 Å².